The molecule has 0 spiro atoms. The Hall–Kier alpha value is -0.550. The summed E-state index contributed by atoms with van der Waals surface area (Å²) in [6.45, 7) is 1.09. The first-order valence-corrected chi connectivity index (χ1v) is 3.05. The van der Waals surface area contributed by atoms with Crippen LogP contribution in [0.15, 0.2) is 0 Å². The van der Waals surface area contributed by atoms with E-state index in [0.29, 0.717) is 0 Å². The quantitative estimate of drug-likeness (QED) is 0.478. The van der Waals surface area contributed by atoms with Gasteiger partial charge < -0.3 is 5.32 Å². The highest BCUT2D eigenvalue weighted by Gasteiger charge is 2.48. The van der Waals surface area contributed by atoms with Gasteiger partial charge in [-0.1, -0.05) is 0 Å². The van der Waals surface area contributed by atoms with Crippen molar-refractivity contribution in [2.45, 2.75) is 12.5 Å². The van der Waals surface area contributed by atoms with E-state index in [9.17, 15) is 0 Å². The summed E-state index contributed by atoms with van der Waals surface area (Å²) in [5, 5.41) is 11.6. The zero-order chi connectivity index (χ0) is 5.56. The van der Waals surface area contributed by atoms with Crippen molar-refractivity contribution in [1.29, 1.82) is 5.26 Å². The maximum atomic E-state index is 8.45. The molecule has 8 heavy (non-hydrogen) atoms. The Balaban J connectivity index is 2.09. The largest absolute Gasteiger partial charge is 0.301 e. The molecular weight excluding hydrogens is 100 g/mol. The van der Waals surface area contributed by atoms with Crippen LogP contribution >= 0.6 is 0 Å². The van der Waals surface area contributed by atoms with E-state index in [-0.39, 0.29) is 6.04 Å². The van der Waals surface area contributed by atoms with Crippen LogP contribution in [0, 0.1) is 23.2 Å². The van der Waals surface area contributed by atoms with E-state index in [4.69, 9.17) is 5.26 Å². The molecule has 2 rings (SSSR count). The molecule has 0 radical (unpaired) electrons. The number of fused-ring (bicyclic) bond motifs is 1. The Morgan fingerprint density at radius 1 is 1.62 bits per heavy atom. The van der Waals surface area contributed by atoms with Crippen LogP contribution in [0.25, 0.3) is 0 Å². The lowest BCUT2D eigenvalue weighted by Gasteiger charge is -1.98. The Morgan fingerprint density at radius 3 is 2.75 bits per heavy atom. The number of piperidine rings is 1. The SMILES string of the molecule is N#CC1NC[C@H]2C[C@@H]12. The molecule has 1 aliphatic carbocycles. The lowest BCUT2D eigenvalue weighted by molar-refractivity contribution is 0.640. The third-order valence-electron chi connectivity index (χ3n) is 2.14. The summed E-state index contributed by atoms with van der Waals surface area (Å²) in [6.07, 6.45) is 1.30. The van der Waals surface area contributed by atoms with E-state index in [1.165, 1.54) is 6.42 Å². The van der Waals surface area contributed by atoms with E-state index >= 15 is 0 Å². The summed E-state index contributed by atoms with van der Waals surface area (Å²) in [5.41, 5.74) is 0. The minimum absolute atomic E-state index is 0.194. The van der Waals surface area contributed by atoms with Gasteiger partial charge in [-0.25, -0.2) is 0 Å². The summed E-state index contributed by atoms with van der Waals surface area (Å²) in [5.74, 6) is 1.58. The standard InChI is InChI=1S/C6H8N2/c7-2-6-5-1-4(5)3-8-6/h4-6,8H,1,3H2/t4-,5-,6?/m1/s1. The van der Waals surface area contributed by atoms with Crippen LogP contribution in [-0.2, 0) is 0 Å². The Morgan fingerprint density at radius 2 is 2.50 bits per heavy atom. The number of hydrogen-bond acceptors (Lipinski definition) is 2. The van der Waals surface area contributed by atoms with Crippen molar-refractivity contribution in [3.05, 3.63) is 0 Å². The predicted molar refractivity (Wildman–Crippen MR) is 29.0 cm³/mol. The normalized spacial score (nSPS) is 50.1. The smallest absolute Gasteiger partial charge is 0.0984 e. The Labute approximate surface area is 48.5 Å². The molecule has 0 amide bonds. The highest BCUT2D eigenvalue weighted by atomic mass is 15.0. The second kappa shape index (κ2) is 1.24. The van der Waals surface area contributed by atoms with Crippen molar-refractivity contribution >= 4 is 0 Å². The lowest BCUT2D eigenvalue weighted by Crippen LogP contribution is -2.23. The average Bonchev–Trinajstić information content (AvgIpc) is 2.46. The van der Waals surface area contributed by atoms with E-state index in [1.54, 1.807) is 0 Å². The maximum Gasteiger partial charge on any atom is 0.0984 e. The molecule has 3 atom stereocenters. The van der Waals surface area contributed by atoms with Crippen molar-refractivity contribution in [3.8, 4) is 6.07 Å². The summed E-state index contributed by atoms with van der Waals surface area (Å²) >= 11 is 0. The summed E-state index contributed by atoms with van der Waals surface area (Å²) < 4.78 is 0. The average molecular weight is 108 g/mol. The monoisotopic (exact) mass is 108 g/mol. The Kier molecular flexibility index (Phi) is 0.671. The van der Waals surface area contributed by atoms with Crippen molar-refractivity contribution < 1.29 is 0 Å². The molecular formula is C6H8N2. The fourth-order valence-electron chi connectivity index (χ4n) is 1.49. The molecule has 2 heteroatoms. The molecule has 2 aliphatic rings. The minimum atomic E-state index is 0.194. The molecule has 0 aromatic heterocycles. The molecule has 42 valence electrons. The molecule has 0 aromatic carbocycles. The fourth-order valence-corrected chi connectivity index (χ4v) is 1.49. The van der Waals surface area contributed by atoms with Gasteiger partial charge in [-0.05, 0) is 24.8 Å². The van der Waals surface area contributed by atoms with Crippen molar-refractivity contribution in [2.75, 3.05) is 6.54 Å². The zero-order valence-corrected chi connectivity index (χ0v) is 4.59. The van der Waals surface area contributed by atoms with Crippen LogP contribution in [-0.4, -0.2) is 12.6 Å². The van der Waals surface area contributed by atoms with Gasteiger partial charge in [0.05, 0.1) is 12.1 Å². The summed E-state index contributed by atoms with van der Waals surface area (Å²) in [4.78, 5) is 0. The van der Waals surface area contributed by atoms with Crippen LogP contribution in [0.5, 0.6) is 0 Å². The molecule has 1 aliphatic heterocycles. The van der Waals surface area contributed by atoms with Gasteiger partial charge in [0.15, 0.2) is 0 Å². The first kappa shape index (κ1) is 4.34. The van der Waals surface area contributed by atoms with Gasteiger partial charge in [0.2, 0.25) is 0 Å². The summed E-state index contributed by atoms with van der Waals surface area (Å²) in [7, 11) is 0. The second-order valence-electron chi connectivity index (χ2n) is 2.67. The topological polar surface area (TPSA) is 35.8 Å². The Bertz CT molecular complexity index is 147. The molecule has 1 unspecified atom stereocenters. The van der Waals surface area contributed by atoms with Gasteiger partial charge in [0.1, 0.15) is 0 Å². The van der Waals surface area contributed by atoms with Gasteiger partial charge in [0.25, 0.3) is 0 Å². The zero-order valence-electron chi connectivity index (χ0n) is 4.59. The highest BCUT2D eigenvalue weighted by molar-refractivity contribution is 5.11. The number of nitrogens with one attached hydrogen (secondary N) is 1. The number of rotatable bonds is 0. The molecule has 2 fully saturated rings. The summed E-state index contributed by atoms with van der Waals surface area (Å²) in [6, 6.07) is 2.44. The minimum Gasteiger partial charge on any atom is -0.301 e. The first-order chi connectivity index (χ1) is 3.92. The molecule has 0 aromatic rings. The van der Waals surface area contributed by atoms with Crippen LogP contribution in [0.4, 0.5) is 0 Å². The van der Waals surface area contributed by atoms with Gasteiger partial charge in [0, 0.05) is 0 Å². The second-order valence-corrected chi connectivity index (χ2v) is 2.67. The highest BCUT2D eigenvalue weighted by Crippen LogP contribution is 2.44. The molecule has 1 saturated carbocycles. The first-order valence-electron chi connectivity index (χ1n) is 3.05. The number of nitrogens with zero attached hydrogens (tertiary/aromatic N) is 1. The number of nitriles is 1. The van der Waals surface area contributed by atoms with Gasteiger partial charge >= 0.3 is 0 Å². The van der Waals surface area contributed by atoms with Crippen LogP contribution < -0.4 is 5.32 Å². The van der Waals surface area contributed by atoms with Crippen LogP contribution in [0.3, 0.4) is 0 Å². The van der Waals surface area contributed by atoms with Gasteiger partial charge in [-0.3, -0.25) is 0 Å². The van der Waals surface area contributed by atoms with Crippen molar-refractivity contribution in [1.82, 2.24) is 5.32 Å². The fraction of sp³-hybridized carbons (Fsp3) is 0.833. The predicted octanol–water partition coefficient (Wildman–Crippen LogP) is 0.118. The van der Waals surface area contributed by atoms with E-state index in [2.05, 4.69) is 11.4 Å². The van der Waals surface area contributed by atoms with E-state index in [1.807, 2.05) is 0 Å². The van der Waals surface area contributed by atoms with E-state index in [0.717, 1.165) is 18.4 Å². The molecule has 1 N–H and O–H groups in total. The van der Waals surface area contributed by atoms with Gasteiger partial charge in [-0.15, -0.1) is 0 Å². The molecule has 0 bridgehead atoms. The molecule has 1 heterocycles. The van der Waals surface area contributed by atoms with Crippen molar-refractivity contribution in [2.24, 2.45) is 11.8 Å². The van der Waals surface area contributed by atoms with E-state index < -0.39 is 0 Å². The van der Waals surface area contributed by atoms with Crippen LogP contribution in [0.2, 0.25) is 0 Å². The molecule has 1 saturated heterocycles. The third kappa shape index (κ3) is 0.399. The third-order valence-corrected chi connectivity index (χ3v) is 2.14. The maximum absolute atomic E-state index is 8.45. The lowest BCUT2D eigenvalue weighted by atomic mass is 10.2. The number of hydrogen-bond donors (Lipinski definition) is 1. The van der Waals surface area contributed by atoms with Gasteiger partial charge in [-0.2, -0.15) is 5.26 Å². The van der Waals surface area contributed by atoms with Crippen LogP contribution in [0.1, 0.15) is 6.42 Å². The molecule has 2 nitrogen and oxygen atoms in total. The van der Waals surface area contributed by atoms with Crippen molar-refractivity contribution in [3.63, 3.8) is 0 Å².